The summed E-state index contributed by atoms with van der Waals surface area (Å²) in [6.07, 6.45) is 0. The number of imidazole rings is 1. The Hall–Kier alpha value is -1.44. The molecule has 1 aromatic heterocycles. The lowest BCUT2D eigenvalue weighted by Crippen LogP contribution is -2.62. The normalized spacial score (nSPS) is 19.4. The van der Waals surface area contributed by atoms with E-state index in [-0.39, 0.29) is 5.41 Å². The van der Waals surface area contributed by atoms with E-state index in [2.05, 4.69) is 9.97 Å². The molecule has 20 heavy (non-hydrogen) atoms. The van der Waals surface area contributed by atoms with Gasteiger partial charge in [0.15, 0.2) is 0 Å². The largest absolute Gasteiger partial charge is 0.341 e. The summed E-state index contributed by atoms with van der Waals surface area (Å²) in [7, 11) is -0.229. The molecular weight excluding hydrogens is 276 g/mol. The average Bonchev–Trinajstić information content (AvgIpc) is 2.78. The fourth-order valence-corrected chi connectivity index (χ4v) is 3.87. The van der Waals surface area contributed by atoms with Gasteiger partial charge < -0.3 is 4.98 Å². The smallest absolute Gasteiger partial charge is 0.281 e. The zero-order chi connectivity index (χ0) is 14.5. The van der Waals surface area contributed by atoms with E-state index in [0.717, 1.165) is 16.9 Å². The van der Waals surface area contributed by atoms with Crippen LogP contribution in [0.3, 0.4) is 0 Å². The summed E-state index contributed by atoms with van der Waals surface area (Å²) in [4.78, 5) is 7.87. The number of H-pyrrole nitrogens is 1. The van der Waals surface area contributed by atoms with Crippen molar-refractivity contribution in [1.29, 1.82) is 0 Å². The first kappa shape index (κ1) is 13.5. The summed E-state index contributed by atoms with van der Waals surface area (Å²) in [6, 6.07) is 7.82. The Morgan fingerprint density at radius 3 is 2.55 bits per heavy atom. The zero-order valence-corrected chi connectivity index (χ0v) is 12.6. The highest BCUT2D eigenvalue weighted by Gasteiger charge is 2.48. The van der Waals surface area contributed by atoms with Gasteiger partial charge in [0.05, 0.1) is 16.4 Å². The standard InChI is InChI=1S/C13H18N4O2S/c1-13(8-17(9-13)20(18,19)16(2)3)12-14-10-6-4-5-7-11(10)15-12/h4-7H,8-9H2,1-3H3,(H,14,15). The molecule has 0 radical (unpaired) electrons. The molecule has 1 fully saturated rings. The van der Waals surface area contributed by atoms with Crippen molar-refractivity contribution in [2.75, 3.05) is 27.2 Å². The maximum atomic E-state index is 12.0. The molecule has 7 heteroatoms. The van der Waals surface area contributed by atoms with Crippen molar-refractivity contribution in [3.63, 3.8) is 0 Å². The molecule has 1 saturated heterocycles. The van der Waals surface area contributed by atoms with Crippen LogP contribution < -0.4 is 0 Å². The molecule has 6 nitrogen and oxygen atoms in total. The van der Waals surface area contributed by atoms with Crippen LogP contribution in [0, 0.1) is 0 Å². The van der Waals surface area contributed by atoms with Gasteiger partial charge in [-0.15, -0.1) is 0 Å². The van der Waals surface area contributed by atoms with E-state index in [4.69, 9.17) is 0 Å². The Bertz CT molecular complexity index is 712. The molecule has 108 valence electrons. The monoisotopic (exact) mass is 294 g/mol. The van der Waals surface area contributed by atoms with Crippen LogP contribution in [0.15, 0.2) is 24.3 Å². The first-order valence-electron chi connectivity index (χ1n) is 6.46. The lowest BCUT2D eigenvalue weighted by molar-refractivity contribution is 0.155. The summed E-state index contributed by atoms with van der Waals surface area (Å²) in [5, 5.41) is 0. The van der Waals surface area contributed by atoms with Gasteiger partial charge in [-0.25, -0.2) is 4.98 Å². The summed E-state index contributed by atoms with van der Waals surface area (Å²) in [5.74, 6) is 0.851. The number of fused-ring (bicyclic) bond motifs is 1. The van der Waals surface area contributed by atoms with Crippen LogP contribution in [-0.2, 0) is 15.6 Å². The van der Waals surface area contributed by atoms with Gasteiger partial charge >= 0.3 is 0 Å². The van der Waals surface area contributed by atoms with Crippen LogP contribution in [0.4, 0.5) is 0 Å². The lowest BCUT2D eigenvalue weighted by atomic mass is 9.83. The Balaban J connectivity index is 1.86. The third-order valence-electron chi connectivity index (χ3n) is 3.80. The third-order valence-corrected chi connectivity index (χ3v) is 5.63. The Morgan fingerprint density at radius 1 is 1.30 bits per heavy atom. The number of hydrogen-bond donors (Lipinski definition) is 1. The number of nitrogens with zero attached hydrogens (tertiary/aromatic N) is 3. The maximum Gasteiger partial charge on any atom is 0.281 e. The van der Waals surface area contributed by atoms with E-state index in [1.54, 1.807) is 14.1 Å². The topological polar surface area (TPSA) is 69.3 Å². The van der Waals surface area contributed by atoms with E-state index in [1.165, 1.54) is 8.61 Å². The van der Waals surface area contributed by atoms with E-state index in [1.807, 2.05) is 31.2 Å². The van der Waals surface area contributed by atoms with Gasteiger partial charge in [0.2, 0.25) is 0 Å². The predicted octanol–water partition coefficient (Wildman–Crippen LogP) is 0.943. The highest BCUT2D eigenvalue weighted by Crippen LogP contribution is 2.35. The van der Waals surface area contributed by atoms with Gasteiger partial charge in [-0.2, -0.15) is 17.0 Å². The minimum atomic E-state index is -3.32. The van der Waals surface area contributed by atoms with E-state index < -0.39 is 10.2 Å². The van der Waals surface area contributed by atoms with Gasteiger partial charge in [-0.1, -0.05) is 12.1 Å². The van der Waals surface area contributed by atoms with E-state index in [9.17, 15) is 8.42 Å². The molecule has 1 N–H and O–H groups in total. The summed E-state index contributed by atoms with van der Waals surface area (Å²) in [5.41, 5.74) is 1.65. The fourth-order valence-electron chi connectivity index (χ4n) is 2.51. The first-order chi connectivity index (χ1) is 9.33. The number of benzene rings is 1. The molecule has 1 aliphatic heterocycles. The van der Waals surface area contributed by atoms with Crippen LogP contribution in [0.2, 0.25) is 0 Å². The molecule has 3 rings (SSSR count). The van der Waals surface area contributed by atoms with Gasteiger partial charge in [0.1, 0.15) is 5.82 Å². The van der Waals surface area contributed by atoms with Crippen molar-refractivity contribution >= 4 is 21.2 Å². The van der Waals surface area contributed by atoms with Gasteiger partial charge in [-0.05, 0) is 19.1 Å². The molecule has 2 aromatic rings. The Labute approximate surface area is 118 Å². The summed E-state index contributed by atoms with van der Waals surface area (Å²) < 4.78 is 26.8. The average molecular weight is 294 g/mol. The number of aromatic nitrogens is 2. The first-order valence-corrected chi connectivity index (χ1v) is 7.85. The molecule has 0 atom stereocenters. The molecule has 1 aromatic carbocycles. The molecule has 0 amide bonds. The van der Waals surface area contributed by atoms with Crippen LogP contribution >= 0.6 is 0 Å². The second kappa shape index (κ2) is 4.28. The van der Waals surface area contributed by atoms with Crippen molar-refractivity contribution < 1.29 is 8.42 Å². The predicted molar refractivity (Wildman–Crippen MR) is 77.6 cm³/mol. The lowest BCUT2D eigenvalue weighted by Gasteiger charge is -2.46. The van der Waals surface area contributed by atoms with E-state index in [0.29, 0.717) is 13.1 Å². The van der Waals surface area contributed by atoms with Crippen LogP contribution in [0.25, 0.3) is 11.0 Å². The van der Waals surface area contributed by atoms with Crippen LogP contribution in [-0.4, -0.2) is 54.2 Å². The molecule has 1 aliphatic rings. The van der Waals surface area contributed by atoms with Crippen molar-refractivity contribution in [1.82, 2.24) is 18.6 Å². The van der Waals surface area contributed by atoms with Gasteiger partial charge in [0.25, 0.3) is 10.2 Å². The summed E-state index contributed by atoms with van der Waals surface area (Å²) >= 11 is 0. The highest BCUT2D eigenvalue weighted by molar-refractivity contribution is 7.86. The molecule has 0 saturated carbocycles. The summed E-state index contributed by atoms with van der Waals surface area (Å²) in [6.45, 7) is 2.94. The van der Waals surface area contributed by atoms with Crippen molar-refractivity contribution in [3.8, 4) is 0 Å². The number of aromatic amines is 1. The molecule has 0 bridgehead atoms. The van der Waals surface area contributed by atoms with Crippen molar-refractivity contribution in [2.24, 2.45) is 0 Å². The third kappa shape index (κ3) is 1.93. The number of hydrogen-bond acceptors (Lipinski definition) is 3. The number of nitrogens with one attached hydrogen (secondary N) is 1. The number of rotatable bonds is 3. The second-order valence-electron chi connectivity index (χ2n) is 5.72. The molecule has 0 aliphatic carbocycles. The SMILES string of the molecule is CN(C)S(=O)(=O)N1CC(C)(c2nc3ccccc3[nH]2)C1. The highest BCUT2D eigenvalue weighted by atomic mass is 32.2. The zero-order valence-electron chi connectivity index (χ0n) is 11.8. The molecule has 2 heterocycles. The molecule has 0 spiro atoms. The number of para-hydroxylation sites is 2. The van der Waals surface area contributed by atoms with E-state index >= 15 is 0 Å². The van der Waals surface area contributed by atoms with Gasteiger partial charge in [0, 0.05) is 27.2 Å². The maximum absolute atomic E-state index is 12.0. The minimum absolute atomic E-state index is 0.248. The van der Waals surface area contributed by atoms with Crippen LogP contribution in [0.1, 0.15) is 12.7 Å². The van der Waals surface area contributed by atoms with Gasteiger partial charge in [-0.3, -0.25) is 0 Å². The molecular formula is C13H18N4O2S. The van der Waals surface area contributed by atoms with Crippen molar-refractivity contribution in [3.05, 3.63) is 30.1 Å². The fraction of sp³-hybridized carbons (Fsp3) is 0.462. The Morgan fingerprint density at radius 2 is 1.95 bits per heavy atom. The van der Waals surface area contributed by atoms with Crippen molar-refractivity contribution in [2.45, 2.75) is 12.3 Å². The Kier molecular flexibility index (Phi) is 2.89. The second-order valence-corrected chi connectivity index (χ2v) is 7.86. The minimum Gasteiger partial charge on any atom is -0.341 e. The van der Waals surface area contributed by atoms with Crippen LogP contribution in [0.5, 0.6) is 0 Å². The quantitative estimate of drug-likeness (QED) is 0.916. The molecule has 0 unspecified atom stereocenters.